The maximum atomic E-state index is 5.94. The van der Waals surface area contributed by atoms with Crippen LogP contribution in [0.5, 0.6) is 5.75 Å². The number of halogens is 2. The third-order valence-corrected chi connectivity index (χ3v) is 3.58. The van der Waals surface area contributed by atoms with Gasteiger partial charge in [-0.1, -0.05) is 12.1 Å². The van der Waals surface area contributed by atoms with Gasteiger partial charge in [0.05, 0.1) is 10.0 Å². The number of hydrogen-bond donors (Lipinski definition) is 1. The van der Waals surface area contributed by atoms with E-state index in [0.717, 1.165) is 23.1 Å². The molecular weight excluding hydrogens is 277 g/mol. The Morgan fingerprint density at radius 1 is 1.47 bits per heavy atom. The first-order valence-electron chi connectivity index (χ1n) is 4.78. The molecule has 1 aromatic rings. The zero-order chi connectivity index (χ0) is 10.2. The van der Waals surface area contributed by atoms with Crippen molar-refractivity contribution in [3.8, 4) is 5.75 Å². The highest BCUT2D eigenvalue weighted by atomic mass is 79.9. The first kappa shape index (κ1) is 12.8. The van der Waals surface area contributed by atoms with Crippen LogP contribution >= 0.6 is 28.3 Å². The summed E-state index contributed by atoms with van der Waals surface area (Å²) < 4.78 is 6.70. The smallest absolute Gasteiger partial charge is 0.133 e. The Balaban J connectivity index is 0.00000112. The van der Waals surface area contributed by atoms with Crippen molar-refractivity contribution in [2.75, 3.05) is 6.61 Å². The summed E-state index contributed by atoms with van der Waals surface area (Å²) in [5.41, 5.74) is 7.07. The van der Waals surface area contributed by atoms with Gasteiger partial charge in [0.25, 0.3) is 0 Å². The molecule has 0 atom stereocenters. The van der Waals surface area contributed by atoms with Gasteiger partial charge in [-0.05, 0) is 47.3 Å². The van der Waals surface area contributed by atoms with E-state index in [4.69, 9.17) is 10.5 Å². The largest absolute Gasteiger partial charge is 0.490 e. The van der Waals surface area contributed by atoms with Crippen molar-refractivity contribution < 1.29 is 4.74 Å². The molecule has 0 heterocycles. The highest BCUT2D eigenvalue weighted by Crippen LogP contribution is 2.34. The number of aryl methyl sites for hydroxylation is 1. The highest BCUT2D eigenvalue weighted by molar-refractivity contribution is 9.10. The summed E-state index contributed by atoms with van der Waals surface area (Å²) in [5, 5.41) is 0. The fraction of sp³-hybridized carbons (Fsp3) is 0.455. The highest BCUT2D eigenvalue weighted by Gasteiger charge is 2.39. The summed E-state index contributed by atoms with van der Waals surface area (Å²) in [6.45, 7) is 2.67. The van der Waals surface area contributed by atoms with Crippen LogP contribution in [0.4, 0.5) is 0 Å². The van der Waals surface area contributed by atoms with Crippen LogP contribution in [-0.4, -0.2) is 12.1 Å². The molecule has 0 saturated heterocycles. The van der Waals surface area contributed by atoms with Crippen molar-refractivity contribution in [3.63, 3.8) is 0 Å². The van der Waals surface area contributed by atoms with Crippen molar-refractivity contribution >= 4 is 28.3 Å². The zero-order valence-electron chi connectivity index (χ0n) is 8.63. The average molecular weight is 293 g/mol. The SMILES string of the molecule is Cc1cccc(OCC2(N)CC2)c1Br.Cl. The number of hydrogen-bond acceptors (Lipinski definition) is 2. The van der Waals surface area contributed by atoms with Crippen LogP contribution in [0.25, 0.3) is 0 Å². The van der Waals surface area contributed by atoms with Gasteiger partial charge in [-0.3, -0.25) is 0 Å². The van der Waals surface area contributed by atoms with Gasteiger partial charge >= 0.3 is 0 Å². The Bertz CT molecular complexity index is 352. The molecule has 1 fully saturated rings. The third kappa shape index (κ3) is 3.10. The summed E-state index contributed by atoms with van der Waals surface area (Å²) in [6.07, 6.45) is 2.16. The Labute approximate surface area is 105 Å². The van der Waals surface area contributed by atoms with Crippen LogP contribution in [-0.2, 0) is 0 Å². The first-order valence-corrected chi connectivity index (χ1v) is 5.57. The van der Waals surface area contributed by atoms with E-state index in [-0.39, 0.29) is 17.9 Å². The third-order valence-electron chi connectivity index (χ3n) is 2.56. The molecule has 0 unspecified atom stereocenters. The molecule has 4 heteroatoms. The molecule has 1 aliphatic rings. The van der Waals surface area contributed by atoms with Gasteiger partial charge in [0.15, 0.2) is 0 Å². The quantitative estimate of drug-likeness (QED) is 0.929. The van der Waals surface area contributed by atoms with Crippen molar-refractivity contribution in [2.24, 2.45) is 5.73 Å². The van der Waals surface area contributed by atoms with Gasteiger partial charge in [0.1, 0.15) is 12.4 Å². The van der Waals surface area contributed by atoms with E-state index in [9.17, 15) is 0 Å². The van der Waals surface area contributed by atoms with Crippen molar-refractivity contribution in [1.29, 1.82) is 0 Å². The number of rotatable bonds is 3. The predicted octanol–water partition coefficient (Wildman–Crippen LogP) is 3.05. The Morgan fingerprint density at radius 3 is 2.73 bits per heavy atom. The van der Waals surface area contributed by atoms with Gasteiger partial charge in [-0.25, -0.2) is 0 Å². The first-order chi connectivity index (χ1) is 6.61. The molecule has 0 spiro atoms. The van der Waals surface area contributed by atoms with E-state index in [0.29, 0.717) is 6.61 Å². The lowest BCUT2D eigenvalue weighted by Gasteiger charge is -2.13. The van der Waals surface area contributed by atoms with Crippen molar-refractivity contribution in [1.82, 2.24) is 0 Å². The fourth-order valence-electron chi connectivity index (χ4n) is 1.26. The van der Waals surface area contributed by atoms with E-state index in [1.807, 2.05) is 25.1 Å². The maximum Gasteiger partial charge on any atom is 0.133 e. The van der Waals surface area contributed by atoms with Gasteiger partial charge in [-0.2, -0.15) is 0 Å². The van der Waals surface area contributed by atoms with Crippen LogP contribution in [0.3, 0.4) is 0 Å². The molecule has 0 bridgehead atoms. The lowest BCUT2D eigenvalue weighted by atomic mass is 10.2. The number of ether oxygens (including phenoxy) is 1. The van der Waals surface area contributed by atoms with Gasteiger partial charge in [0.2, 0.25) is 0 Å². The van der Waals surface area contributed by atoms with Crippen molar-refractivity contribution in [2.45, 2.75) is 25.3 Å². The maximum absolute atomic E-state index is 5.94. The summed E-state index contributed by atoms with van der Waals surface area (Å²) in [7, 11) is 0. The number of benzene rings is 1. The standard InChI is InChI=1S/C11H14BrNO.ClH/c1-8-3-2-4-9(10(8)12)14-7-11(13)5-6-11;/h2-4H,5-7,13H2,1H3;1H. The monoisotopic (exact) mass is 291 g/mol. The van der Waals surface area contributed by atoms with Crippen LogP contribution in [0.15, 0.2) is 22.7 Å². The van der Waals surface area contributed by atoms with Crippen molar-refractivity contribution in [3.05, 3.63) is 28.2 Å². The molecule has 1 aromatic carbocycles. The lowest BCUT2D eigenvalue weighted by molar-refractivity contribution is 0.277. The van der Waals surface area contributed by atoms with E-state index < -0.39 is 0 Å². The molecular formula is C11H15BrClNO. The minimum Gasteiger partial charge on any atom is -0.490 e. The van der Waals surface area contributed by atoms with E-state index in [1.165, 1.54) is 5.56 Å². The molecule has 0 aromatic heterocycles. The topological polar surface area (TPSA) is 35.2 Å². The summed E-state index contributed by atoms with van der Waals surface area (Å²) in [4.78, 5) is 0. The lowest BCUT2D eigenvalue weighted by Crippen LogP contribution is -2.29. The Morgan fingerprint density at radius 2 is 2.13 bits per heavy atom. The summed E-state index contributed by atoms with van der Waals surface area (Å²) >= 11 is 3.50. The normalized spacial score (nSPS) is 16.7. The fourth-order valence-corrected chi connectivity index (χ4v) is 1.64. The average Bonchev–Trinajstić information content (AvgIpc) is 2.88. The molecule has 2 rings (SSSR count). The molecule has 1 saturated carbocycles. The van der Waals surface area contributed by atoms with E-state index in [1.54, 1.807) is 0 Å². The Hall–Kier alpha value is -0.250. The second-order valence-electron chi connectivity index (χ2n) is 4.04. The molecule has 2 N–H and O–H groups in total. The molecule has 15 heavy (non-hydrogen) atoms. The van der Waals surface area contributed by atoms with Gasteiger partial charge < -0.3 is 10.5 Å². The zero-order valence-corrected chi connectivity index (χ0v) is 11.0. The van der Waals surface area contributed by atoms with Crippen LogP contribution in [0.1, 0.15) is 18.4 Å². The minimum absolute atomic E-state index is 0. The molecule has 0 amide bonds. The molecule has 1 aliphatic carbocycles. The van der Waals surface area contributed by atoms with Crippen LogP contribution < -0.4 is 10.5 Å². The summed E-state index contributed by atoms with van der Waals surface area (Å²) in [6, 6.07) is 6.00. The molecule has 2 nitrogen and oxygen atoms in total. The predicted molar refractivity (Wildman–Crippen MR) is 67.8 cm³/mol. The van der Waals surface area contributed by atoms with E-state index >= 15 is 0 Å². The van der Waals surface area contributed by atoms with Crippen LogP contribution in [0, 0.1) is 6.92 Å². The molecule has 0 radical (unpaired) electrons. The second kappa shape index (κ2) is 4.73. The van der Waals surface area contributed by atoms with E-state index in [2.05, 4.69) is 15.9 Å². The molecule has 0 aliphatic heterocycles. The molecule has 84 valence electrons. The van der Waals surface area contributed by atoms with Crippen LogP contribution in [0.2, 0.25) is 0 Å². The van der Waals surface area contributed by atoms with Gasteiger partial charge in [0, 0.05) is 0 Å². The number of nitrogens with two attached hydrogens (primary N) is 1. The summed E-state index contributed by atoms with van der Waals surface area (Å²) in [5.74, 6) is 0.890. The minimum atomic E-state index is -0.0524. The van der Waals surface area contributed by atoms with Gasteiger partial charge in [-0.15, -0.1) is 12.4 Å². The Kier molecular flexibility index (Phi) is 4.04. The second-order valence-corrected chi connectivity index (χ2v) is 4.83.